The molecule has 4 rings (SSSR count). The van der Waals surface area contributed by atoms with Crippen LogP contribution >= 0.6 is 11.3 Å². The van der Waals surface area contributed by atoms with Crippen LogP contribution in [0.4, 0.5) is 13.6 Å². The minimum Gasteiger partial charge on any atom is -0.395 e. The first-order valence-corrected chi connectivity index (χ1v) is 9.16. The Kier molecular flexibility index (Phi) is 4.18. The SMILES string of the molecule is Cc1cn(-c2ccc3c(c2)OC(F)(F)O3)c(=NC(=O)NC2CCCC2)s1. The van der Waals surface area contributed by atoms with E-state index in [2.05, 4.69) is 19.8 Å². The lowest BCUT2D eigenvalue weighted by Crippen LogP contribution is -2.32. The molecule has 1 aliphatic heterocycles. The lowest BCUT2D eigenvalue weighted by molar-refractivity contribution is -0.286. The number of nitrogens with one attached hydrogen (secondary N) is 1. The second kappa shape index (κ2) is 6.39. The van der Waals surface area contributed by atoms with Crippen molar-refractivity contribution in [2.45, 2.75) is 44.9 Å². The number of thiazole rings is 1. The van der Waals surface area contributed by atoms with Gasteiger partial charge in [-0.15, -0.1) is 20.1 Å². The van der Waals surface area contributed by atoms with Crippen LogP contribution in [0.3, 0.4) is 0 Å². The molecule has 1 N–H and O–H groups in total. The van der Waals surface area contributed by atoms with Gasteiger partial charge in [-0.2, -0.15) is 4.99 Å². The lowest BCUT2D eigenvalue weighted by Gasteiger charge is -2.08. The van der Waals surface area contributed by atoms with E-state index in [9.17, 15) is 13.6 Å². The highest BCUT2D eigenvalue weighted by molar-refractivity contribution is 7.09. The topological polar surface area (TPSA) is 64.8 Å². The maximum Gasteiger partial charge on any atom is 0.586 e. The average Bonchev–Trinajstić information content (AvgIpc) is 3.24. The van der Waals surface area contributed by atoms with Crippen molar-refractivity contribution >= 4 is 17.4 Å². The van der Waals surface area contributed by atoms with Crippen LogP contribution in [-0.2, 0) is 0 Å². The number of aromatic nitrogens is 1. The summed E-state index contributed by atoms with van der Waals surface area (Å²) < 4.78 is 37.0. The van der Waals surface area contributed by atoms with Crippen molar-refractivity contribution in [1.29, 1.82) is 0 Å². The zero-order valence-electron chi connectivity index (χ0n) is 14.0. The van der Waals surface area contributed by atoms with Gasteiger partial charge in [-0.3, -0.25) is 4.57 Å². The fraction of sp³-hybridized carbons (Fsp3) is 0.412. The van der Waals surface area contributed by atoms with E-state index in [0.717, 1.165) is 30.6 Å². The molecule has 26 heavy (non-hydrogen) atoms. The molecule has 1 aromatic carbocycles. The first-order chi connectivity index (χ1) is 12.4. The highest BCUT2D eigenvalue weighted by Crippen LogP contribution is 2.41. The second-order valence-corrected chi connectivity index (χ2v) is 7.55. The molecule has 2 heterocycles. The zero-order chi connectivity index (χ0) is 18.3. The van der Waals surface area contributed by atoms with Crippen LogP contribution in [0.1, 0.15) is 30.6 Å². The smallest absolute Gasteiger partial charge is 0.395 e. The molecule has 1 fully saturated rings. The fourth-order valence-electron chi connectivity index (χ4n) is 3.17. The molecule has 0 atom stereocenters. The number of halogens is 2. The molecule has 9 heteroatoms. The van der Waals surface area contributed by atoms with E-state index in [4.69, 9.17) is 0 Å². The van der Waals surface area contributed by atoms with Gasteiger partial charge in [0.25, 0.3) is 0 Å². The van der Waals surface area contributed by atoms with Crippen molar-refractivity contribution in [2.75, 3.05) is 0 Å². The van der Waals surface area contributed by atoms with Gasteiger partial charge in [0.1, 0.15) is 0 Å². The van der Waals surface area contributed by atoms with Crippen molar-refractivity contribution in [2.24, 2.45) is 4.99 Å². The average molecular weight is 381 g/mol. The Bertz CT molecular complexity index is 916. The number of carbonyl (C=O) groups is 1. The number of fused-ring (bicyclic) bond motifs is 1. The van der Waals surface area contributed by atoms with E-state index in [1.165, 1.54) is 23.5 Å². The van der Waals surface area contributed by atoms with E-state index in [1.54, 1.807) is 16.8 Å². The lowest BCUT2D eigenvalue weighted by atomic mass is 10.2. The van der Waals surface area contributed by atoms with Crippen LogP contribution in [0.5, 0.6) is 11.5 Å². The zero-order valence-corrected chi connectivity index (χ0v) is 14.8. The van der Waals surface area contributed by atoms with E-state index in [1.807, 2.05) is 6.92 Å². The van der Waals surface area contributed by atoms with Crippen molar-refractivity contribution in [3.8, 4) is 17.2 Å². The van der Waals surface area contributed by atoms with Crippen LogP contribution < -0.4 is 19.6 Å². The third-order valence-corrected chi connectivity index (χ3v) is 5.21. The first kappa shape index (κ1) is 17.0. The van der Waals surface area contributed by atoms with E-state index in [-0.39, 0.29) is 23.6 Å². The van der Waals surface area contributed by atoms with Crippen LogP contribution in [0, 0.1) is 6.92 Å². The number of nitrogens with zero attached hydrogens (tertiary/aromatic N) is 2. The molecule has 0 saturated heterocycles. The van der Waals surface area contributed by atoms with Gasteiger partial charge in [-0.05, 0) is 31.9 Å². The summed E-state index contributed by atoms with van der Waals surface area (Å²) in [6.07, 6.45) is 2.31. The minimum absolute atomic E-state index is 0.0243. The van der Waals surface area contributed by atoms with Gasteiger partial charge in [-0.1, -0.05) is 12.8 Å². The van der Waals surface area contributed by atoms with Crippen molar-refractivity contribution in [3.63, 3.8) is 0 Å². The molecule has 0 bridgehead atoms. The summed E-state index contributed by atoms with van der Waals surface area (Å²) in [5.41, 5.74) is 0.557. The normalized spacial score (nSPS) is 19.1. The molecule has 0 unspecified atom stereocenters. The number of hydrogen-bond acceptors (Lipinski definition) is 4. The number of urea groups is 1. The predicted octanol–water partition coefficient (Wildman–Crippen LogP) is 3.72. The molecule has 2 aromatic rings. The molecular weight excluding hydrogens is 364 g/mol. The molecule has 1 aliphatic carbocycles. The summed E-state index contributed by atoms with van der Waals surface area (Å²) in [5.74, 6) is -0.0750. The molecule has 6 nitrogen and oxygen atoms in total. The van der Waals surface area contributed by atoms with E-state index < -0.39 is 6.29 Å². The molecule has 1 saturated carbocycles. The summed E-state index contributed by atoms with van der Waals surface area (Å²) in [6, 6.07) is 4.25. The maximum atomic E-state index is 13.2. The van der Waals surface area contributed by atoms with Crippen molar-refractivity contribution in [1.82, 2.24) is 9.88 Å². The number of aryl methyl sites for hydroxylation is 1. The Hall–Kier alpha value is -2.42. The van der Waals surface area contributed by atoms with Gasteiger partial charge < -0.3 is 14.8 Å². The predicted molar refractivity (Wildman–Crippen MR) is 90.9 cm³/mol. The molecule has 0 radical (unpaired) electrons. The quantitative estimate of drug-likeness (QED) is 0.862. The number of rotatable bonds is 2. The highest BCUT2D eigenvalue weighted by atomic mass is 32.1. The number of alkyl halides is 2. The number of benzene rings is 1. The summed E-state index contributed by atoms with van der Waals surface area (Å²) >= 11 is 1.34. The molecule has 2 amide bonds. The third-order valence-electron chi connectivity index (χ3n) is 4.31. The summed E-state index contributed by atoms with van der Waals surface area (Å²) in [4.78, 5) is 17.8. The Morgan fingerprint density at radius 1 is 1.31 bits per heavy atom. The maximum absolute atomic E-state index is 13.2. The minimum atomic E-state index is -3.66. The summed E-state index contributed by atoms with van der Waals surface area (Å²) in [6.45, 7) is 1.89. The van der Waals surface area contributed by atoms with Gasteiger partial charge >= 0.3 is 12.3 Å². The van der Waals surface area contributed by atoms with Crippen molar-refractivity contribution < 1.29 is 23.0 Å². The van der Waals surface area contributed by atoms with E-state index >= 15 is 0 Å². The van der Waals surface area contributed by atoms with Gasteiger partial charge in [0, 0.05) is 23.2 Å². The van der Waals surface area contributed by atoms with Crippen LogP contribution in [0.25, 0.3) is 5.69 Å². The highest BCUT2D eigenvalue weighted by Gasteiger charge is 2.43. The summed E-state index contributed by atoms with van der Waals surface area (Å²) in [7, 11) is 0. The number of amides is 2. The van der Waals surface area contributed by atoms with E-state index in [0.29, 0.717) is 10.5 Å². The van der Waals surface area contributed by atoms with Gasteiger partial charge in [0.2, 0.25) is 0 Å². The Labute approximate surface area is 152 Å². The van der Waals surface area contributed by atoms with Crippen LogP contribution in [0.2, 0.25) is 0 Å². The van der Waals surface area contributed by atoms with Gasteiger partial charge in [0.05, 0.1) is 5.69 Å². The molecular formula is C17H17F2N3O3S. The van der Waals surface area contributed by atoms with Crippen LogP contribution in [-0.4, -0.2) is 22.9 Å². The Morgan fingerprint density at radius 2 is 2.04 bits per heavy atom. The fourth-order valence-corrected chi connectivity index (χ4v) is 4.00. The van der Waals surface area contributed by atoms with Gasteiger partial charge in [0.15, 0.2) is 16.3 Å². The number of ether oxygens (including phenoxy) is 2. The summed E-state index contributed by atoms with van der Waals surface area (Å²) in [5, 5.41) is 2.91. The second-order valence-electron chi connectivity index (χ2n) is 6.34. The number of hydrogen-bond donors (Lipinski definition) is 1. The first-order valence-electron chi connectivity index (χ1n) is 8.34. The Morgan fingerprint density at radius 3 is 2.81 bits per heavy atom. The number of carbonyl (C=O) groups excluding carboxylic acids is 1. The standard InChI is InChI=1S/C17H17F2N3O3S/c1-10-9-22(12-6-7-13-14(8-12)25-17(18,19)24-13)16(26-10)21-15(23)20-11-4-2-3-5-11/h6-9,11H,2-5H2,1H3,(H,20,23). The molecule has 0 spiro atoms. The molecule has 138 valence electrons. The molecule has 1 aromatic heterocycles. The monoisotopic (exact) mass is 381 g/mol. The largest absolute Gasteiger partial charge is 0.586 e. The third kappa shape index (κ3) is 3.44. The Balaban J connectivity index is 1.64. The van der Waals surface area contributed by atoms with Gasteiger partial charge in [-0.25, -0.2) is 4.79 Å². The molecule has 2 aliphatic rings. The van der Waals surface area contributed by atoms with Crippen molar-refractivity contribution in [3.05, 3.63) is 34.1 Å². The van der Waals surface area contributed by atoms with Crippen LogP contribution in [0.15, 0.2) is 29.4 Å².